The molecule has 0 fully saturated rings. The van der Waals surface area contributed by atoms with E-state index in [0.29, 0.717) is 0 Å². The molecule has 1 heterocycles. The normalized spacial score (nSPS) is 10.4. The summed E-state index contributed by atoms with van der Waals surface area (Å²) in [5.41, 5.74) is 3.50. The van der Waals surface area contributed by atoms with Gasteiger partial charge in [0.15, 0.2) is 0 Å². The first-order valence-electron chi connectivity index (χ1n) is 6.82. The van der Waals surface area contributed by atoms with E-state index in [1.807, 2.05) is 41.2 Å². The molecule has 0 amide bonds. The first-order chi connectivity index (χ1) is 9.88. The van der Waals surface area contributed by atoms with Crippen molar-refractivity contribution in [2.24, 2.45) is 0 Å². The summed E-state index contributed by atoms with van der Waals surface area (Å²) < 4.78 is 2.05. The van der Waals surface area contributed by atoms with Gasteiger partial charge in [-0.1, -0.05) is 43.3 Å². The zero-order valence-electron chi connectivity index (χ0n) is 11.5. The van der Waals surface area contributed by atoms with Gasteiger partial charge >= 0.3 is 0 Å². The van der Waals surface area contributed by atoms with E-state index in [9.17, 15) is 0 Å². The van der Waals surface area contributed by atoms with Crippen LogP contribution in [-0.4, -0.2) is 9.55 Å². The zero-order valence-corrected chi connectivity index (χ0v) is 11.5. The quantitative estimate of drug-likeness (QED) is 0.765. The SMILES string of the molecule is CCc1ccccc1Nc1nccn1-c1ccccc1. The molecule has 0 aliphatic rings. The Balaban J connectivity index is 1.95. The van der Waals surface area contributed by atoms with E-state index in [4.69, 9.17) is 0 Å². The topological polar surface area (TPSA) is 29.9 Å². The second kappa shape index (κ2) is 5.61. The number of benzene rings is 2. The zero-order chi connectivity index (χ0) is 13.8. The van der Waals surface area contributed by atoms with Crippen molar-refractivity contribution in [3.8, 4) is 5.69 Å². The van der Waals surface area contributed by atoms with Crippen LogP contribution in [0.1, 0.15) is 12.5 Å². The predicted octanol–water partition coefficient (Wildman–Crippen LogP) is 4.18. The number of rotatable bonds is 4. The highest BCUT2D eigenvalue weighted by Crippen LogP contribution is 2.22. The van der Waals surface area contributed by atoms with Gasteiger partial charge < -0.3 is 5.32 Å². The average molecular weight is 263 g/mol. The van der Waals surface area contributed by atoms with E-state index in [1.165, 1.54) is 5.56 Å². The number of imidazole rings is 1. The summed E-state index contributed by atoms with van der Waals surface area (Å²) in [5.74, 6) is 0.831. The molecule has 100 valence electrons. The molecule has 0 saturated heterocycles. The second-order valence-corrected chi connectivity index (χ2v) is 4.59. The first kappa shape index (κ1) is 12.5. The number of hydrogen-bond donors (Lipinski definition) is 1. The average Bonchev–Trinajstić information content (AvgIpc) is 2.97. The monoisotopic (exact) mass is 263 g/mol. The fraction of sp³-hybridized carbons (Fsp3) is 0.118. The molecule has 20 heavy (non-hydrogen) atoms. The van der Waals surface area contributed by atoms with Gasteiger partial charge in [0.25, 0.3) is 0 Å². The Morgan fingerprint density at radius 3 is 2.55 bits per heavy atom. The predicted molar refractivity (Wildman–Crippen MR) is 82.7 cm³/mol. The van der Waals surface area contributed by atoms with E-state index in [2.05, 4.69) is 47.6 Å². The number of aromatic nitrogens is 2. The van der Waals surface area contributed by atoms with E-state index < -0.39 is 0 Å². The Labute approximate surface area is 118 Å². The minimum atomic E-state index is 0.831. The molecule has 3 aromatic rings. The Kier molecular flexibility index (Phi) is 3.50. The number of anilines is 2. The fourth-order valence-electron chi connectivity index (χ4n) is 2.26. The minimum Gasteiger partial charge on any atom is -0.325 e. The van der Waals surface area contributed by atoms with Gasteiger partial charge in [-0.2, -0.15) is 0 Å². The molecule has 0 aliphatic carbocycles. The van der Waals surface area contributed by atoms with Crippen molar-refractivity contribution in [1.29, 1.82) is 0 Å². The molecule has 0 unspecified atom stereocenters. The summed E-state index contributed by atoms with van der Waals surface area (Å²) >= 11 is 0. The molecule has 1 N–H and O–H groups in total. The minimum absolute atomic E-state index is 0.831. The van der Waals surface area contributed by atoms with E-state index in [-0.39, 0.29) is 0 Å². The highest BCUT2D eigenvalue weighted by atomic mass is 15.2. The third kappa shape index (κ3) is 2.43. The fourth-order valence-corrected chi connectivity index (χ4v) is 2.26. The number of nitrogens with one attached hydrogen (secondary N) is 1. The number of hydrogen-bond acceptors (Lipinski definition) is 2. The van der Waals surface area contributed by atoms with Gasteiger partial charge in [0.2, 0.25) is 5.95 Å². The number of nitrogens with zero attached hydrogens (tertiary/aromatic N) is 2. The van der Waals surface area contributed by atoms with Crippen LogP contribution in [0.4, 0.5) is 11.6 Å². The molecule has 3 rings (SSSR count). The maximum Gasteiger partial charge on any atom is 0.212 e. The highest BCUT2D eigenvalue weighted by Gasteiger charge is 2.06. The van der Waals surface area contributed by atoms with Crippen LogP contribution in [0, 0.1) is 0 Å². The molecule has 1 aromatic heterocycles. The molecule has 0 saturated carbocycles. The molecule has 0 radical (unpaired) electrons. The number of para-hydroxylation sites is 2. The molecule has 0 bridgehead atoms. The Hall–Kier alpha value is -2.55. The largest absolute Gasteiger partial charge is 0.325 e. The van der Waals surface area contributed by atoms with Gasteiger partial charge in [-0.25, -0.2) is 4.98 Å². The lowest BCUT2D eigenvalue weighted by atomic mass is 10.1. The lowest BCUT2D eigenvalue weighted by molar-refractivity contribution is 1.06. The number of aryl methyl sites for hydroxylation is 1. The lowest BCUT2D eigenvalue weighted by Crippen LogP contribution is -2.02. The van der Waals surface area contributed by atoms with Gasteiger partial charge in [0.05, 0.1) is 0 Å². The molecule has 0 atom stereocenters. The molecule has 3 nitrogen and oxygen atoms in total. The summed E-state index contributed by atoms with van der Waals surface area (Å²) in [4.78, 5) is 4.42. The molecular weight excluding hydrogens is 246 g/mol. The van der Waals surface area contributed by atoms with Crippen LogP contribution in [0.25, 0.3) is 5.69 Å². The van der Waals surface area contributed by atoms with Crippen molar-refractivity contribution in [3.63, 3.8) is 0 Å². The van der Waals surface area contributed by atoms with Crippen molar-refractivity contribution in [3.05, 3.63) is 72.6 Å². The maximum atomic E-state index is 4.42. The summed E-state index contributed by atoms with van der Waals surface area (Å²) in [7, 11) is 0. The Morgan fingerprint density at radius 1 is 1.00 bits per heavy atom. The Bertz CT molecular complexity index is 686. The highest BCUT2D eigenvalue weighted by molar-refractivity contribution is 5.60. The van der Waals surface area contributed by atoms with Crippen LogP contribution < -0.4 is 5.32 Å². The van der Waals surface area contributed by atoms with E-state index >= 15 is 0 Å². The van der Waals surface area contributed by atoms with Gasteiger partial charge in [0, 0.05) is 23.8 Å². The third-order valence-corrected chi connectivity index (χ3v) is 3.32. The first-order valence-corrected chi connectivity index (χ1v) is 6.82. The second-order valence-electron chi connectivity index (χ2n) is 4.59. The van der Waals surface area contributed by atoms with Crippen molar-refractivity contribution in [2.45, 2.75) is 13.3 Å². The smallest absolute Gasteiger partial charge is 0.212 e. The summed E-state index contributed by atoms with van der Waals surface area (Å²) in [5, 5.41) is 3.42. The van der Waals surface area contributed by atoms with Crippen LogP contribution in [0.3, 0.4) is 0 Å². The summed E-state index contributed by atoms with van der Waals surface area (Å²) in [6.07, 6.45) is 4.77. The molecule has 3 heteroatoms. The molecular formula is C17H17N3. The summed E-state index contributed by atoms with van der Waals surface area (Å²) in [6, 6.07) is 18.5. The van der Waals surface area contributed by atoms with Gasteiger partial charge in [-0.05, 0) is 30.2 Å². The van der Waals surface area contributed by atoms with Crippen LogP contribution in [0.5, 0.6) is 0 Å². The van der Waals surface area contributed by atoms with E-state index in [0.717, 1.165) is 23.7 Å². The molecule has 0 spiro atoms. The summed E-state index contributed by atoms with van der Waals surface area (Å²) in [6.45, 7) is 2.16. The van der Waals surface area contributed by atoms with Crippen molar-refractivity contribution in [2.75, 3.05) is 5.32 Å². The molecule has 2 aromatic carbocycles. The van der Waals surface area contributed by atoms with Gasteiger partial charge in [-0.15, -0.1) is 0 Å². The van der Waals surface area contributed by atoms with Crippen LogP contribution >= 0.6 is 0 Å². The molecule has 0 aliphatic heterocycles. The standard InChI is InChI=1S/C17H17N3/c1-2-14-8-6-7-11-16(14)19-17-18-12-13-20(17)15-9-4-3-5-10-15/h3-13H,2H2,1H3,(H,18,19). The van der Waals surface area contributed by atoms with Crippen LogP contribution in [-0.2, 0) is 6.42 Å². The van der Waals surface area contributed by atoms with Crippen molar-refractivity contribution >= 4 is 11.6 Å². The van der Waals surface area contributed by atoms with Crippen molar-refractivity contribution in [1.82, 2.24) is 9.55 Å². The van der Waals surface area contributed by atoms with Crippen molar-refractivity contribution < 1.29 is 0 Å². The van der Waals surface area contributed by atoms with Gasteiger partial charge in [0.1, 0.15) is 0 Å². The maximum absolute atomic E-state index is 4.42. The van der Waals surface area contributed by atoms with E-state index in [1.54, 1.807) is 0 Å². The van der Waals surface area contributed by atoms with Gasteiger partial charge in [-0.3, -0.25) is 4.57 Å². The van der Waals surface area contributed by atoms with Crippen LogP contribution in [0.2, 0.25) is 0 Å². The van der Waals surface area contributed by atoms with Crippen LogP contribution in [0.15, 0.2) is 67.0 Å². The Morgan fingerprint density at radius 2 is 1.75 bits per heavy atom. The third-order valence-electron chi connectivity index (χ3n) is 3.32. The lowest BCUT2D eigenvalue weighted by Gasteiger charge is -2.12.